The molecule has 2 unspecified atom stereocenters. The predicted molar refractivity (Wildman–Crippen MR) is 394 cm³/mol. The molecule has 0 aromatic heterocycles. The third-order valence-electron chi connectivity index (χ3n) is 20.4. The lowest BCUT2D eigenvalue weighted by Gasteiger charge is -2.39. The van der Waals surface area contributed by atoms with Crippen LogP contribution in [-0.4, -0.2) is 264 Å². The molecule has 5 rings (SSSR count). The summed E-state index contributed by atoms with van der Waals surface area (Å²) in [6, 6.07) is -21.2. The number of rotatable bonds is 26. The molecule has 4 aliphatic heterocycles. The fraction of sp³-hybridized carbons (Fsp3) is 0.768. The van der Waals surface area contributed by atoms with E-state index in [2.05, 4.69) is 58.5 Å². The van der Waals surface area contributed by atoms with Gasteiger partial charge in [0.15, 0.2) is 5.96 Å². The number of carbonyl (C=O) groups excluding carboxylic acids is 13. The summed E-state index contributed by atoms with van der Waals surface area (Å²) in [5.41, 5.74) is 11.4. The van der Waals surface area contributed by atoms with Crippen molar-refractivity contribution in [3.63, 3.8) is 0 Å². The fourth-order valence-electron chi connectivity index (χ4n) is 14.0. The molecule has 5 aliphatic rings. The van der Waals surface area contributed by atoms with Crippen molar-refractivity contribution in [2.75, 3.05) is 38.6 Å². The molecule has 0 radical (unpaired) electrons. The molecule has 1 saturated carbocycles. The van der Waals surface area contributed by atoms with E-state index < -0.39 is 227 Å². The summed E-state index contributed by atoms with van der Waals surface area (Å²) in [6.07, 6.45) is 3.38. The van der Waals surface area contributed by atoms with Gasteiger partial charge in [-0.2, -0.15) is 0 Å². The van der Waals surface area contributed by atoms with Crippen molar-refractivity contribution in [3.05, 3.63) is 0 Å². The average molecular weight is 1550 g/mol. The van der Waals surface area contributed by atoms with E-state index in [1.165, 1.54) is 30.6 Å². The number of guanidine groups is 1. The maximum Gasteiger partial charge on any atom is 0.326 e. The predicted octanol–water partition coefficient (Wildman–Crippen LogP) is -2.76. The Bertz CT molecular complexity index is 3210. The fourth-order valence-corrected chi connectivity index (χ4v) is 16.9. The molecule has 20 N–H and O–H groups in total. The first-order chi connectivity index (χ1) is 50.4. The molecular weight excluding hydrogens is 1430 g/mol. The second kappa shape index (κ2) is 42.0. The van der Waals surface area contributed by atoms with Gasteiger partial charge in [0.25, 0.3) is 0 Å². The summed E-state index contributed by atoms with van der Waals surface area (Å²) in [6.45, 7) is 14.4. The SMILES string of the molecule is CCC[C@H](NC(=O)[C@H](C)N)C(=O)N[C@H]1CSSC(C)(C)[C@@H](C(=O)N[C@H](C(=O)N2CCC[C@H]2C(=O)N[C@@H](CC(=O)O)C(=O)O)[C@@H](C)CC)NC(=O)C([C@@H](C)CC)NC(=O)[C@@H]2C[C@@H]3CCCCC3N2C(=O)[C@@H]2CCCN2C(=O)[C@H](CC(C)C)NC(=O)[C@H](CO)NC(=O)[C@H](CCCNC(=N)N)NC(=O)[C@H](CO)NC1=O. The average Bonchev–Trinajstić information content (AvgIpc) is 1.62. The zero-order valence-corrected chi connectivity index (χ0v) is 64.6. The number of carboxylic acid groups (broad SMARTS) is 2. The quantitative estimate of drug-likeness (QED) is 0.0181. The minimum atomic E-state index is -1.91. The lowest BCUT2D eigenvalue weighted by Crippen LogP contribution is -2.64. The minimum Gasteiger partial charge on any atom is -0.481 e. The second-order valence-corrected chi connectivity index (χ2v) is 32.6. The van der Waals surface area contributed by atoms with E-state index >= 15 is 28.8 Å². The van der Waals surface area contributed by atoms with Crippen LogP contribution < -0.4 is 70.0 Å². The van der Waals surface area contributed by atoms with Crippen LogP contribution in [0.5, 0.6) is 0 Å². The molecule has 602 valence electrons. The van der Waals surface area contributed by atoms with Crippen molar-refractivity contribution in [1.29, 1.82) is 5.41 Å². The van der Waals surface area contributed by atoms with Gasteiger partial charge >= 0.3 is 11.9 Å². The van der Waals surface area contributed by atoms with Crippen LogP contribution >= 0.6 is 21.6 Å². The molecule has 0 spiro atoms. The van der Waals surface area contributed by atoms with Crippen LogP contribution in [0.4, 0.5) is 0 Å². The Hall–Kier alpha value is -8.10. The number of aliphatic hydroxyl groups is 2. The standard InChI is InChI=1S/C69H115N17O19S2/c1-11-19-39(74-54(91)37(8)70)55(92)80-45-33-106-107-69(9,10)53(63(100)82-52(36(7)13-3)66(103)84-26-17-23-47(84)60(97)77-42(67(104)105)30-50(89)90)83-62(99)51(35(6)12-2)81-61(98)49-29-38-20-14-15-22-46(38)86(49)65(102)48-24-18-27-85(48)64(101)41(28-34(4)5)76-58(95)44(32-88)78-56(93)40(21-16-25-73-68(71)72)75-57(94)43(31-87)79-59(45)96/h34-49,51-53,87-88H,11-33,70H2,1-10H3,(H,74,91)(H,75,94)(H,76,95)(H,77,97)(H,78,93)(H,79,96)(H,80,92)(H,81,98)(H,82,100)(H,83,99)(H,89,90)(H,104,105)(H4,71,72,73)/t35-,36-,37-,38-,39-,40-,41-,42-,43-,44-,45-,46?,47-,48-,49-,51?,52-,53+/m0/s1. The van der Waals surface area contributed by atoms with Crippen molar-refractivity contribution in [2.24, 2.45) is 35.1 Å². The number of hydrogen-bond acceptors (Lipinski definition) is 21. The highest BCUT2D eigenvalue weighted by atomic mass is 33.1. The van der Waals surface area contributed by atoms with Gasteiger partial charge in [0, 0.05) is 36.2 Å². The number of aliphatic carboxylic acids is 2. The summed E-state index contributed by atoms with van der Waals surface area (Å²) >= 11 is 0. The van der Waals surface area contributed by atoms with Crippen LogP contribution in [-0.2, 0) is 71.9 Å². The van der Waals surface area contributed by atoms with Gasteiger partial charge in [0.2, 0.25) is 76.8 Å². The molecule has 107 heavy (non-hydrogen) atoms. The molecule has 4 saturated heterocycles. The molecule has 4 heterocycles. The summed E-state index contributed by atoms with van der Waals surface area (Å²) in [4.78, 5) is 219. The number of carboxylic acids is 2. The molecule has 36 nitrogen and oxygen atoms in total. The Balaban J connectivity index is 1.69. The van der Waals surface area contributed by atoms with Gasteiger partial charge in [-0.15, -0.1) is 0 Å². The van der Waals surface area contributed by atoms with Gasteiger partial charge in [-0.05, 0) is 115 Å². The first-order valence-corrected chi connectivity index (χ1v) is 39.5. The summed E-state index contributed by atoms with van der Waals surface area (Å²) in [5, 5.41) is 77.0. The topological polar surface area (TPSA) is 555 Å². The lowest BCUT2D eigenvalue weighted by atomic mass is 9.84. The zero-order chi connectivity index (χ0) is 79.9. The molecule has 13 amide bonds. The van der Waals surface area contributed by atoms with Crippen molar-refractivity contribution >= 4 is 116 Å². The number of aliphatic hydroxyl groups excluding tert-OH is 2. The van der Waals surface area contributed by atoms with Crippen LogP contribution in [0.2, 0.25) is 0 Å². The lowest BCUT2D eigenvalue weighted by molar-refractivity contribution is -0.150. The van der Waals surface area contributed by atoms with Crippen LogP contribution in [0, 0.1) is 29.1 Å². The molecule has 0 aromatic rings. The monoisotopic (exact) mass is 1550 g/mol. The molecule has 38 heteroatoms. The van der Waals surface area contributed by atoms with Crippen LogP contribution in [0.15, 0.2) is 0 Å². The first kappa shape index (κ1) is 89.5. The molecular formula is C69H115N17O19S2. The molecule has 5 fully saturated rings. The number of likely N-dealkylation sites (tertiary alicyclic amines) is 1. The van der Waals surface area contributed by atoms with Crippen LogP contribution in [0.25, 0.3) is 0 Å². The Labute approximate surface area is 631 Å². The molecule has 0 bridgehead atoms. The van der Waals surface area contributed by atoms with E-state index in [1.807, 2.05) is 0 Å². The number of hydrogen-bond donors (Lipinski definition) is 18. The van der Waals surface area contributed by atoms with Gasteiger partial charge in [-0.3, -0.25) is 72.5 Å². The normalized spacial score (nSPS) is 27.7. The van der Waals surface area contributed by atoms with E-state index in [0.717, 1.165) is 32.9 Å². The van der Waals surface area contributed by atoms with Crippen molar-refractivity contribution in [3.8, 4) is 0 Å². The van der Waals surface area contributed by atoms with E-state index in [4.69, 9.17) is 16.9 Å². The van der Waals surface area contributed by atoms with E-state index in [1.54, 1.807) is 48.5 Å². The van der Waals surface area contributed by atoms with E-state index in [0.29, 0.717) is 32.1 Å². The second-order valence-electron chi connectivity index (χ2n) is 29.6. The van der Waals surface area contributed by atoms with E-state index in [9.17, 15) is 63.6 Å². The largest absolute Gasteiger partial charge is 0.481 e. The summed E-state index contributed by atoms with van der Waals surface area (Å²) in [5.74, 6) is -17.4. The highest BCUT2D eigenvalue weighted by molar-refractivity contribution is 8.77. The third-order valence-corrected chi connectivity index (χ3v) is 23.8. The molecule has 1 aliphatic carbocycles. The van der Waals surface area contributed by atoms with Crippen molar-refractivity contribution < 1.29 is 92.3 Å². The van der Waals surface area contributed by atoms with Crippen LogP contribution in [0.1, 0.15) is 178 Å². The number of amides is 13. The van der Waals surface area contributed by atoms with Crippen molar-refractivity contribution in [2.45, 2.75) is 274 Å². The smallest absolute Gasteiger partial charge is 0.326 e. The summed E-state index contributed by atoms with van der Waals surface area (Å²) < 4.78 is -1.59. The maximum absolute atomic E-state index is 15.6. The van der Waals surface area contributed by atoms with Crippen molar-refractivity contribution in [1.82, 2.24) is 73.2 Å². The number of nitrogens with one attached hydrogen (secondary N) is 12. The highest BCUT2D eigenvalue weighted by Crippen LogP contribution is 2.42. The number of nitrogens with two attached hydrogens (primary N) is 2. The molecule has 0 aromatic carbocycles. The minimum absolute atomic E-state index is 0.0140. The zero-order valence-electron chi connectivity index (χ0n) is 63.0. The van der Waals surface area contributed by atoms with Gasteiger partial charge in [0.1, 0.15) is 78.5 Å². The van der Waals surface area contributed by atoms with Crippen LogP contribution in [0.3, 0.4) is 0 Å². The van der Waals surface area contributed by atoms with Gasteiger partial charge < -0.3 is 105 Å². The van der Waals surface area contributed by atoms with Gasteiger partial charge in [0.05, 0.1) is 25.7 Å². The maximum atomic E-state index is 15.6. The Morgan fingerprint density at radius 3 is 1.88 bits per heavy atom. The Morgan fingerprint density at radius 2 is 1.29 bits per heavy atom. The van der Waals surface area contributed by atoms with Gasteiger partial charge in [-0.25, -0.2) is 4.79 Å². The highest BCUT2D eigenvalue weighted by Gasteiger charge is 2.53. The summed E-state index contributed by atoms with van der Waals surface area (Å²) in [7, 11) is 1.75. The van der Waals surface area contributed by atoms with E-state index in [-0.39, 0.29) is 95.7 Å². The number of carbonyl (C=O) groups is 15. The number of fused-ring (bicyclic) bond motifs is 4. The number of nitrogens with zero attached hydrogens (tertiary/aromatic N) is 3. The first-order valence-electron chi connectivity index (χ1n) is 37.2. The third kappa shape index (κ3) is 25.0. The van der Waals surface area contributed by atoms with Gasteiger partial charge in [-0.1, -0.05) is 102 Å². The Morgan fingerprint density at radius 1 is 0.673 bits per heavy atom. The Kier molecular flexibility index (Phi) is 35.2. The molecule has 18 atom stereocenters.